The Hall–Kier alpha value is -1.67. The van der Waals surface area contributed by atoms with Crippen molar-refractivity contribution >= 4 is 21.7 Å². The van der Waals surface area contributed by atoms with Crippen LogP contribution in [0.3, 0.4) is 0 Å². The summed E-state index contributed by atoms with van der Waals surface area (Å²) in [7, 11) is 0. The Labute approximate surface area is 152 Å². The van der Waals surface area contributed by atoms with Gasteiger partial charge in [0.15, 0.2) is 5.69 Å². The predicted molar refractivity (Wildman–Crippen MR) is 93.1 cm³/mol. The molecule has 8 heteroatoms. The molecule has 0 aliphatic carbocycles. The summed E-state index contributed by atoms with van der Waals surface area (Å²) < 4.78 is 38.5. The normalized spacial score (nSPS) is 16.8. The van der Waals surface area contributed by atoms with Crippen LogP contribution < -0.4 is 5.32 Å². The Morgan fingerprint density at radius 1 is 1.04 bits per heavy atom. The van der Waals surface area contributed by atoms with Crippen LogP contribution in [0, 0.1) is 0 Å². The van der Waals surface area contributed by atoms with Crippen LogP contribution in [-0.4, -0.2) is 34.2 Å². The molecule has 1 saturated heterocycles. The molecule has 0 spiro atoms. The van der Waals surface area contributed by atoms with Crippen molar-refractivity contribution in [3.05, 3.63) is 52.1 Å². The molecule has 2 aromatic rings. The van der Waals surface area contributed by atoms with Gasteiger partial charge >= 0.3 is 6.18 Å². The third-order valence-electron chi connectivity index (χ3n) is 4.21. The fraction of sp³-hybridized carbons (Fsp3) is 0.412. The molecule has 0 radical (unpaired) electrons. The van der Waals surface area contributed by atoms with Crippen molar-refractivity contribution in [2.45, 2.75) is 31.6 Å². The minimum Gasteiger partial charge on any atom is -0.366 e. The van der Waals surface area contributed by atoms with Gasteiger partial charge in [0.1, 0.15) is 5.82 Å². The first-order chi connectivity index (χ1) is 11.9. The molecule has 0 saturated carbocycles. The number of hydrogen-bond donors (Lipinski definition) is 1. The molecule has 1 fully saturated rings. The van der Waals surface area contributed by atoms with Crippen molar-refractivity contribution in [1.29, 1.82) is 0 Å². The van der Waals surface area contributed by atoms with Gasteiger partial charge in [-0.1, -0.05) is 28.1 Å². The predicted octanol–water partition coefficient (Wildman–Crippen LogP) is 4.33. The van der Waals surface area contributed by atoms with Gasteiger partial charge in [0.25, 0.3) is 0 Å². The van der Waals surface area contributed by atoms with Crippen LogP contribution >= 0.6 is 15.9 Å². The highest BCUT2D eigenvalue weighted by Crippen LogP contribution is 2.27. The zero-order valence-corrected chi connectivity index (χ0v) is 15.0. The van der Waals surface area contributed by atoms with E-state index in [1.54, 1.807) is 0 Å². The topological polar surface area (TPSA) is 41.0 Å². The minimum atomic E-state index is -4.45. The van der Waals surface area contributed by atoms with E-state index in [9.17, 15) is 13.2 Å². The number of alkyl halides is 3. The highest BCUT2D eigenvalue weighted by atomic mass is 79.9. The molecule has 0 unspecified atom stereocenters. The van der Waals surface area contributed by atoms with E-state index >= 15 is 0 Å². The summed E-state index contributed by atoms with van der Waals surface area (Å²) in [6.45, 7) is 2.77. The lowest BCUT2D eigenvalue weighted by atomic mass is 10.0. The molecule has 134 valence electrons. The first-order valence-electron chi connectivity index (χ1n) is 8.04. The van der Waals surface area contributed by atoms with Gasteiger partial charge in [0.2, 0.25) is 0 Å². The summed E-state index contributed by atoms with van der Waals surface area (Å²) in [6.07, 6.45) is -2.62. The number of nitrogens with one attached hydrogen (secondary N) is 1. The molecule has 2 heterocycles. The zero-order valence-electron chi connectivity index (χ0n) is 13.4. The van der Waals surface area contributed by atoms with Crippen molar-refractivity contribution in [2.75, 3.05) is 18.4 Å². The van der Waals surface area contributed by atoms with Gasteiger partial charge in [-0.25, -0.2) is 0 Å². The van der Waals surface area contributed by atoms with Crippen LogP contribution in [0.5, 0.6) is 0 Å². The van der Waals surface area contributed by atoms with Crippen LogP contribution in [0.4, 0.5) is 19.0 Å². The van der Waals surface area contributed by atoms with E-state index in [4.69, 9.17) is 0 Å². The van der Waals surface area contributed by atoms with Gasteiger partial charge < -0.3 is 5.32 Å². The van der Waals surface area contributed by atoms with Crippen LogP contribution in [0.2, 0.25) is 0 Å². The maximum atomic E-state index is 12.5. The highest BCUT2D eigenvalue weighted by molar-refractivity contribution is 9.10. The fourth-order valence-corrected chi connectivity index (χ4v) is 3.12. The summed E-state index contributed by atoms with van der Waals surface area (Å²) >= 11 is 3.43. The van der Waals surface area contributed by atoms with Gasteiger partial charge in [-0.15, -0.1) is 10.2 Å². The standard InChI is InChI=1S/C17H18BrF3N4/c18-13-3-1-12(2-4-13)11-25-9-7-14(8-10-25)22-16-6-5-15(23-24-16)17(19,20)21/h1-6,14H,7-11H2,(H,22,24). The average molecular weight is 415 g/mol. The zero-order chi connectivity index (χ0) is 17.9. The SMILES string of the molecule is FC(F)(F)c1ccc(NC2CCN(Cc3ccc(Br)cc3)CC2)nn1. The Balaban J connectivity index is 1.48. The smallest absolute Gasteiger partial charge is 0.366 e. The lowest BCUT2D eigenvalue weighted by Gasteiger charge is -2.32. The van der Waals surface area contributed by atoms with E-state index in [0.29, 0.717) is 5.82 Å². The Kier molecular flexibility index (Phi) is 5.58. The van der Waals surface area contributed by atoms with Crippen LogP contribution in [0.25, 0.3) is 0 Å². The lowest BCUT2D eigenvalue weighted by molar-refractivity contribution is -0.141. The molecule has 1 aromatic heterocycles. The molecule has 1 aliphatic rings. The first-order valence-corrected chi connectivity index (χ1v) is 8.84. The van der Waals surface area contributed by atoms with Gasteiger partial charge in [-0.3, -0.25) is 4.90 Å². The third-order valence-corrected chi connectivity index (χ3v) is 4.74. The van der Waals surface area contributed by atoms with E-state index in [1.165, 1.54) is 11.6 Å². The number of anilines is 1. The van der Waals surface area contributed by atoms with E-state index < -0.39 is 11.9 Å². The summed E-state index contributed by atoms with van der Waals surface area (Å²) in [4.78, 5) is 2.37. The lowest BCUT2D eigenvalue weighted by Crippen LogP contribution is -2.38. The van der Waals surface area contributed by atoms with Crippen molar-refractivity contribution < 1.29 is 13.2 Å². The number of hydrogen-bond acceptors (Lipinski definition) is 4. The van der Waals surface area contributed by atoms with Gasteiger partial charge in [0, 0.05) is 30.1 Å². The second kappa shape index (κ2) is 7.70. The monoisotopic (exact) mass is 414 g/mol. The Morgan fingerprint density at radius 3 is 2.28 bits per heavy atom. The Morgan fingerprint density at radius 2 is 1.72 bits per heavy atom. The second-order valence-electron chi connectivity index (χ2n) is 6.12. The Bertz CT molecular complexity index is 681. The number of halogens is 4. The quantitative estimate of drug-likeness (QED) is 0.807. The van der Waals surface area contributed by atoms with Crippen molar-refractivity contribution in [2.24, 2.45) is 0 Å². The van der Waals surface area contributed by atoms with Crippen molar-refractivity contribution in [3.8, 4) is 0 Å². The third kappa shape index (κ3) is 5.15. The maximum absolute atomic E-state index is 12.5. The fourth-order valence-electron chi connectivity index (χ4n) is 2.85. The summed E-state index contributed by atoms with van der Waals surface area (Å²) in [5, 5.41) is 10.1. The molecular weight excluding hydrogens is 397 g/mol. The van der Waals surface area contributed by atoms with E-state index in [-0.39, 0.29) is 6.04 Å². The highest BCUT2D eigenvalue weighted by Gasteiger charge is 2.33. The van der Waals surface area contributed by atoms with E-state index in [1.807, 2.05) is 12.1 Å². The summed E-state index contributed by atoms with van der Waals surface area (Å²) in [5.74, 6) is 0.388. The number of rotatable bonds is 4. The van der Waals surface area contributed by atoms with Crippen LogP contribution in [0.15, 0.2) is 40.9 Å². The molecule has 1 aromatic carbocycles. The average Bonchev–Trinajstić information content (AvgIpc) is 2.58. The molecule has 1 aliphatic heterocycles. The minimum absolute atomic E-state index is 0.201. The molecule has 0 bridgehead atoms. The van der Waals surface area contributed by atoms with Gasteiger partial charge in [-0.05, 0) is 42.7 Å². The molecule has 0 amide bonds. The second-order valence-corrected chi connectivity index (χ2v) is 7.04. The van der Waals surface area contributed by atoms with E-state index in [0.717, 1.165) is 43.0 Å². The van der Waals surface area contributed by atoms with E-state index in [2.05, 4.69) is 48.5 Å². The number of nitrogens with zero attached hydrogens (tertiary/aromatic N) is 3. The summed E-state index contributed by atoms with van der Waals surface area (Å²) in [6, 6.07) is 10.8. The molecule has 1 N–H and O–H groups in total. The largest absolute Gasteiger partial charge is 0.435 e. The summed E-state index contributed by atoms with van der Waals surface area (Å²) in [5.41, 5.74) is 0.297. The van der Waals surface area contributed by atoms with Crippen molar-refractivity contribution in [3.63, 3.8) is 0 Å². The molecule has 3 rings (SSSR count). The van der Waals surface area contributed by atoms with Gasteiger partial charge in [0.05, 0.1) is 0 Å². The number of benzene rings is 1. The number of aromatic nitrogens is 2. The molecule has 25 heavy (non-hydrogen) atoms. The number of likely N-dealkylation sites (tertiary alicyclic amines) is 1. The molecular formula is C17H18BrF3N4. The van der Waals surface area contributed by atoms with Crippen LogP contribution in [0.1, 0.15) is 24.1 Å². The first kappa shape index (κ1) is 18.1. The van der Waals surface area contributed by atoms with Crippen LogP contribution in [-0.2, 0) is 12.7 Å². The molecule has 0 atom stereocenters. The van der Waals surface area contributed by atoms with Crippen molar-refractivity contribution in [1.82, 2.24) is 15.1 Å². The molecule has 4 nitrogen and oxygen atoms in total. The maximum Gasteiger partial charge on any atom is 0.435 e. The van der Waals surface area contributed by atoms with Gasteiger partial charge in [-0.2, -0.15) is 13.2 Å². The number of piperidine rings is 1.